The molecular weight excluding hydrogens is 390 g/mol. The summed E-state index contributed by atoms with van der Waals surface area (Å²) in [7, 11) is 0. The summed E-state index contributed by atoms with van der Waals surface area (Å²) in [6.07, 6.45) is -0.382. The molecule has 3 N–H and O–H groups in total. The normalized spacial score (nSPS) is 16.3. The van der Waals surface area contributed by atoms with Gasteiger partial charge in [0.15, 0.2) is 0 Å². The summed E-state index contributed by atoms with van der Waals surface area (Å²) >= 11 is 0.658. The van der Waals surface area contributed by atoms with Crippen LogP contribution < -0.4 is 10.2 Å². The summed E-state index contributed by atoms with van der Waals surface area (Å²) in [4.78, 5) is 47.9. The smallest absolute Gasteiger partial charge is 0.293 e. The van der Waals surface area contributed by atoms with Gasteiger partial charge in [0.05, 0.1) is 16.3 Å². The first kappa shape index (κ1) is 19.2. The van der Waals surface area contributed by atoms with Crippen LogP contribution in [0.2, 0.25) is 0 Å². The van der Waals surface area contributed by atoms with Gasteiger partial charge in [0, 0.05) is 24.6 Å². The SMILES string of the molecule is O=C(CC1SC(=O)N(c2cccc(O)c2)C1=O)Nc1cc([N+](=O)[O-])ccc1O. The second-order valence-electron chi connectivity index (χ2n) is 5.78. The molecule has 1 atom stereocenters. The molecule has 1 unspecified atom stereocenters. The van der Waals surface area contributed by atoms with Gasteiger partial charge in [-0.2, -0.15) is 0 Å². The number of rotatable bonds is 5. The highest BCUT2D eigenvalue weighted by atomic mass is 32.2. The van der Waals surface area contributed by atoms with Crippen LogP contribution in [0.25, 0.3) is 0 Å². The first-order valence-corrected chi connectivity index (χ1v) is 8.75. The molecule has 0 bridgehead atoms. The van der Waals surface area contributed by atoms with E-state index in [1.54, 1.807) is 0 Å². The number of non-ortho nitro benzene ring substituents is 1. The first-order valence-electron chi connectivity index (χ1n) is 7.87. The number of nitrogens with zero attached hydrogens (tertiary/aromatic N) is 2. The highest BCUT2D eigenvalue weighted by Crippen LogP contribution is 2.35. The number of amides is 3. The van der Waals surface area contributed by atoms with Crippen molar-refractivity contribution in [2.75, 3.05) is 10.2 Å². The number of carbonyl (C=O) groups is 3. The minimum Gasteiger partial charge on any atom is -0.508 e. The maximum absolute atomic E-state index is 12.5. The summed E-state index contributed by atoms with van der Waals surface area (Å²) in [6, 6.07) is 8.71. The van der Waals surface area contributed by atoms with Gasteiger partial charge in [0.25, 0.3) is 10.9 Å². The van der Waals surface area contributed by atoms with Crippen molar-refractivity contribution >= 4 is 45.9 Å². The molecule has 0 radical (unpaired) electrons. The standard InChI is InChI=1S/C17H13N3O7S/c21-11-3-1-2-9(6-11)19-16(24)14(28-17(19)25)8-15(23)18-12-7-10(20(26)27)4-5-13(12)22/h1-7,14,21-22H,8H2,(H,18,23). The van der Waals surface area contributed by atoms with Gasteiger partial charge in [-0.15, -0.1) is 0 Å². The van der Waals surface area contributed by atoms with Gasteiger partial charge < -0.3 is 15.5 Å². The summed E-state index contributed by atoms with van der Waals surface area (Å²) in [6.45, 7) is 0. The number of thioether (sulfide) groups is 1. The molecule has 10 nitrogen and oxygen atoms in total. The second kappa shape index (κ2) is 7.56. The van der Waals surface area contributed by atoms with Crippen LogP contribution in [0.1, 0.15) is 6.42 Å². The van der Waals surface area contributed by atoms with Gasteiger partial charge in [-0.05, 0) is 30.0 Å². The number of imide groups is 1. The molecular formula is C17H13N3O7S. The van der Waals surface area contributed by atoms with Crippen molar-refractivity contribution in [3.63, 3.8) is 0 Å². The van der Waals surface area contributed by atoms with Gasteiger partial charge in [-0.1, -0.05) is 6.07 Å². The lowest BCUT2D eigenvalue weighted by Crippen LogP contribution is -2.32. The van der Waals surface area contributed by atoms with Crippen LogP contribution in [-0.2, 0) is 9.59 Å². The maximum Gasteiger partial charge on any atom is 0.293 e. The Morgan fingerprint density at radius 2 is 1.96 bits per heavy atom. The summed E-state index contributed by atoms with van der Waals surface area (Å²) in [5, 5.41) is 30.8. The molecule has 3 rings (SSSR count). The van der Waals surface area contributed by atoms with E-state index < -0.39 is 27.2 Å². The number of hydrogen-bond acceptors (Lipinski definition) is 8. The van der Waals surface area contributed by atoms with E-state index in [0.29, 0.717) is 11.8 Å². The molecule has 1 saturated heterocycles. The van der Waals surface area contributed by atoms with Crippen molar-refractivity contribution in [1.29, 1.82) is 0 Å². The number of nitrogens with one attached hydrogen (secondary N) is 1. The molecule has 0 saturated carbocycles. The number of hydrogen-bond donors (Lipinski definition) is 3. The highest BCUT2D eigenvalue weighted by Gasteiger charge is 2.41. The lowest BCUT2D eigenvalue weighted by molar-refractivity contribution is -0.384. The molecule has 1 aliphatic rings. The maximum atomic E-state index is 12.5. The Morgan fingerprint density at radius 1 is 1.21 bits per heavy atom. The third-order valence-electron chi connectivity index (χ3n) is 3.85. The van der Waals surface area contributed by atoms with Crippen LogP contribution in [0.15, 0.2) is 42.5 Å². The van der Waals surface area contributed by atoms with Crippen molar-refractivity contribution in [1.82, 2.24) is 0 Å². The zero-order chi connectivity index (χ0) is 20.4. The van der Waals surface area contributed by atoms with Crippen molar-refractivity contribution in [2.24, 2.45) is 0 Å². The Hall–Kier alpha value is -3.60. The zero-order valence-electron chi connectivity index (χ0n) is 14.1. The van der Waals surface area contributed by atoms with Crippen LogP contribution in [0.5, 0.6) is 11.5 Å². The Labute approximate surface area is 161 Å². The van der Waals surface area contributed by atoms with Crippen LogP contribution in [-0.4, -0.2) is 37.4 Å². The lowest BCUT2D eigenvalue weighted by Gasteiger charge is -2.14. The highest BCUT2D eigenvalue weighted by molar-refractivity contribution is 8.15. The van der Waals surface area contributed by atoms with E-state index in [-0.39, 0.29) is 35.0 Å². The molecule has 11 heteroatoms. The van der Waals surface area contributed by atoms with Gasteiger partial charge in [0.1, 0.15) is 16.7 Å². The number of aromatic hydroxyl groups is 2. The fourth-order valence-corrected chi connectivity index (χ4v) is 3.54. The van der Waals surface area contributed by atoms with E-state index in [0.717, 1.165) is 23.1 Å². The molecule has 28 heavy (non-hydrogen) atoms. The van der Waals surface area contributed by atoms with Gasteiger partial charge in [-0.3, -0.25) is 24.5 Å². The number of phenols is 2. The van der Waals surface area contributed by atoms with E-state index in [1.807, 2.05) is 0 Å². The average molecular weight is 403 g/mol. The number of benzene rings is 2. The van der Waals surface area contributed by atoms with Crippen LogP contribution in [0, 0.1) is 10.1 Å². The van der Waals surface area contributed by atoms with Crippen LogP contribution in [0.3, 0.4) is 0 Å². The Morgan fingerprint density at radius 3 is 2.64 bits per heavy atom. The predicted octanol–water partition coefficient (Wildman–Crippen LogP) is 2.60. The number of nitro groups is 1. The van der Waals surface area contributed by atoms with Crippen LogP contribution in [0.4, 0.5) is 21.9 Å². The van der Waals surface area contributed by atoms with E-state index in [9.17, 15) is 34.7 Å². The zero-order valence-corrected chi connectivity index (χ0v) is 14.9. The molecule has 2 aromatic rings. The number of phenolic OH excluding ortho intramolecular Hbond substituents is 2. The van der Waals surface area contributed by atoms with Crippen LogP contribution >= 0.6 is 11.8 Å². The summed E-state index contributed by atoms with van der Waals surface area (Å²) in [5.41, 5.74) is -0.322. The van der Waals surface area contributed by atoms with E-state index in [4.69, 9.17) is 0 Å². The molecule has 0 aromatic heterocycles. The first-order chi connectivity index (χ1) is 13.3. The molecule has 0 aliphatic carbocycles. The minimum absolute atomic E-state index is 0.120. The minimum atomic E-state index is -1.00. The van der Waals surface area contributed by atoms with Gasteiger partial charge in [0.2, 0.25) is 11.8 Å². The molecule has 1 heterocycles. The Kier molecular flexibility index (Phi) is 5.18. The molecule has 1 fully saturated rings. The van der Waals surface area contributed by atoms with Crippen molar-refractivity contribution in [3.05, 3.63) is 52.6 Å². The second-order valence-corrected chi connectivity index (χ2v) is 6.93. The largest absolute Gasteiger partial charge is 0.508 e. The van der Waals surface area contributed by atoms with Gasteiger partial charge in [-0.25, -0.2) is 4.90 Å². The molecule has 2 aromatic carbocycles. The van der Waals surface area contributed by atoms with Crippen molar-refractivity contribution in [3.8, 4) is 11.5 Å². The summed E-state index contributed by atoms with van der Waals surface area (Å²) in [5.74, 6) is -1.82. The third-order valence-corrected chi connectivity index (χ3v) is 4.88. The number of nitro benzene ring substituents is 1. The monoisotopic (exact) mass is 403 g/mol. The molecule has 3 amide bonds. The van der Waals surface area contributed by atoms with Crippen molar-refractivity contribution in [2.45, 2.75) is 11.7 Å². The van der Waals surface area contributed by atoms with E-state index >= 15 is 0 Å². The number of carbonyl (C=O) groups excluding carboxylic acids is 3. The van der Waals surface area contributed by atoms with Gasteiger partial charge >= 0.3 is 0 Å². The average Bonchev–Trinajstić information content (AvgIpc) is 2.90. The topological polar surface area (TPSA) is 150 Å². The summed E-state index contributed by atoms with van der Waals surface area (Å²) < 4.78 is 0. The molecule has 1 aliphatic heterocycles. The van der Waals surface area contributed by atoms with E-state index in [2.05, 4.69) is 5.32 Å². The fraction of sp³-hybridized carbons (Fsp3) is 0.118. The molecule has 144 valence electrons. The lowest BCUT2D eigenvalue weighted by atomic mass is 10.2. The molecule has 0 spiro atoms. The van der Waals surface area contributed by atoms with E-state index in [1.165, 1.54) is 24.3 Å². The Bertz CT molecular complexity index is 994. The van der Waals surface area contributed by atoms with Crippen molar-refractivity contribution < 1.29 is 29.5 Å². The quantitative estimate of drug-likeness (QED) is 0.392. The fourth-order valence-electron chi connectivity index (χ4n) is 2.56. The predicted molar refractivity (Wildman–Crippen MR) is 100 cm³/mol. The third kappa shape index (κ3) is 3.88. The Balaban J connectivity index is 1.71. The number of anilines is 2.